The van der Waals surface area contributed by atoms with Crippen molar-refractivity contribution in [3.63, 3.8) is 0 Å². The SMILES string of the molecule is CCc1ccc2c(c1)CCC1(CCCC1)O2. The molecular weight excluding hydrogens is 196 g/mol. The fraction of sp³-hybridized carbons (Fsp3) is 0.600. The van der Waals surface area contributed by atoms with Crippen LogP contribution in [0.25, 0.3) is 0 Å². The summed E-state index contributed by atoms with van der Waals surface area (Å²) in [6.07, 6.45) is 8.80. The van der Waals surface area contributed by atoms with Gasteiger partial charge in [0.15, 0.2) is 0 Å². The maximum Gasteiger partial charge on any atom is 0.123 e. The molecule has 2 aliphatic rings. The zero-order valence-corrected chi connectivity index (χ0v) is 10.1. The smallest absolute Gasteiger partial charge is 0.123 e. The van der Waals surface area contributed by atoms with Gasteiger partial charge in [0.25, 0.3) is 0 Å². The zero-order chi connectivity index (χ0) is 11.0. The molecule has 1 aromatic carbocycles. The largest absolute Gasteiger partial charge is 0.487 e. The lowest BCUT2D eigenvalue weighted by Gasteiger charge is -2.35. The van der Waals surface area contributed by atoms with E-state index in [1.165, 1.54) is 49.7 Å². The van der Waals surface area contributed by atoms with Gasteiger partial charge in [-0.15, -0.1) is 0 Å². The molecule has 86 valence electrons. The molecule has 0 bridgehead atoms. The van der Waals surface area contributed by atoms with Crippen molar-refractivity contribution in [2.24, 2.45) is 0 Å². The van der Waals surface area contributed by atoms with Crippen molar-refractivity contribution in [1.29, 1.82) is 0 Å². The molecular formula is C15H20O. The summed E-state index contributed by atoms with van der Waals surface area (Å²) in [5, 5.41) is 0. The van der Waals surface area contributed by atoms with E-state index in [0.717, 1.165) is 12.2 Å². The van der Waals surface area contributed by atoms with Crippen LogP contribution in [-0.4, -0.2) is 5.60 Å². The Kier molecular flexibility index (Phi) is 2.42. The van der Waals surface area contributed by atoms with Gasteiger partial charge in [0.2, 0.25) is 0 Å². The highest BCUT2D eigenvalue weighted by Gasteiger charge is 2.38. The topological polar surface area (TPSA) is 9.23 Å². The van der Waals surface area contributed by atoms with Crippen LogP contribution in [0.15, 0.2) is 18.2 Å². The van der Waals surface area contributed by atoms with E-state index in [1.54, 1.807) is 0 Å². The predicted octanol–water partition coefficient (Wildman–Crippen LogP) is 3.89. The number of ether oxygens (including phenoxy) is 1. The number of hydrogen-bond acceptors (Lipinski definition) is 1. The fourth-order valence-corrected chi connectivity index (χ4v) is 3.17. The lowest BCUT2D eigenvalue weighted by molar-refractivity contribution is 0.0533. The van der Waals surface area contributed by atoms with Crippen molar-refractivity contribution >= 4 is 0 Å². The highest BCUT2D eigenvalue weighted by Crippen LogP contribution is 2.43. The molecule has 0 aromatic heterocycles. The van der Waals surface area contributed by atoms with Crippen LogP contribution in [0.1, 0.15) is 50.2 Å². The number of rotatable bonds is 1. The third-order valence-electron chi connectivity index (χ3n) is 4.22. The van der Waals surface area contributed by atoms with Crippen molar-refractivity contribution in [1.82, 2.24) is 0 Å². The van der Waals surface area contributed by atoms with E-state index < -0.39 is 0 Å². The maximum atomic E-state index is 6.28. The standard InChI is InChI=1S/C15H20O/c1-2-12-5-6-14-13(11-12)7-10-15(16-14)8-3-4-9-15/h5-6,11H,2-4,7-10H2,1H3. The van der Waals surface area contributed by atoms with Crippen molar-refractivity contribution in [2.75, 3.05) is 0 Å². The Balaban J connectivity index is 1.89. The second kappa shape index (κ2) is 3.80. The van der Waals surface area contributed by atoms with Gasteiger partial charge < -0.3 is 4.74 Å². The van der Waals surface area contributed by atoms with E-state index in [1.807, 2.05) is 0 Å². The maximum absolute atomic E-state index is 6.28. The van der Waals surface area contributed by atoms with Crippen LogP contribution in [0.5, 0.6) is 5.75 Å². The third kappa shape index (κ3) is 1.63. The van der Waals surface area contributed by atoms with E-state index >= 15 is 0 Å². The molecule has 3 rings (SSSR count). The molecule has 0 saturated heterocycles. The van der Waals surface area contributed by atoms with Crippen LogP contribution in [0, 0.1) is 0 Å². The Labute approximate surface area is 97.8 Å². The highest BCUT2D eigenvalue weighted by molar-refractivity contribution is 5.39. The number of aryl methyl sites for hydroxylation is 2. The van der Waals surface area contributed by atoms with Gasteiger partial charge in [-0.1, -0.05) is 19.1 Å². The van der Waals surface area contributed by atoms with Crippen molar-refractivity contribution in [3.8, 4) is 5.75 Å². The molecule has 1 nitrogen and oxygen atoms in total. The number of benzene rings is 1. The summed E-state index contributed by atoms with van der Waals surface area (Å²) in [6.45, 7) is 2.21. The molecule has 0 atom stereocenters. The van der Waals surface area contributed by atoms with Gasteiger partial charge in [0.1, 0.15) is 11.4 Å². The van der Waals surface area contributed by atoms with Gasteiger partial charge in [0.05, 0.1) is 0 Å². The summed E-state index contributed by atoms with van der Waals surface area (Å²) in [7, 11) is 0. The van der Waals surface area contributed by atoms with E-state index in [0.29, 0.717) is 0 Å². The van der Waals surface area contributed by atoms with Crippen LogP contribution < -0.4 is 4.74 Å². The fourth-order valence-electron chi connectivity index (χ4n) is 3.17. The van der Waals surface area contributed by atoms with E-state index in [2.05, 4.69) is 25.1 Å². The van der Waals surface area contributed by atoms with Crippen LogP contribution in [-0.2, 0) is 12.8 Å². The summed E-state index contributed by atoms with van der Waals surface area (Å²) in [6, 6.07) is 6.73. The number of hydrogen-bond donors (Lipinski definition) is 0. The van der Waals surface area contributed by atoms with Gasteiger partial charge in [-0.3, -0.25) is 0 Å². The van der Waals surface area contributed by atoms with Gasteiger partial charge in [-0.05, 0) is 62.1 Å². The first-order chi connectivity index (χ1) is 7.81. The first kappa shape index (κ1) is 10.2. The summed E-state index contributed by atoms with van der Waals surface area (Å²) < 4.78 is 6.28. The lowest BCUT2D eigenvalue weighted by atomic mass is 9.89. The molecule has 0 unspecified atom stereocenters. The third-order valence-corrected chi connectivity index (χ3v) is 4.22. The molecule has 1 fully saturated rings. The average Bonchev–Trinajstić information content (AvgIpc) is 2.77. The van der Waals surface area contributed by atoms with Crippen LogP contribution in [0.3, 0.4) is 0 Å². The molecule has 0 N–H and O–H groups in total. The molecule has 1 heterocycles. The van der Waals surface area contributed by atoms with E-state index in [9.17, 15) is 0 Å². The minimum absolute atomic E-state index is 0.209. The van der Waals surface area contributed by atoms with Gasteiger partial charge >= 0.3 is 0 Å². The highest BCUT2D eigenvalue weighted by atomic mass is 16.5. The summed E-state index contributed by atoms with van der Waals surface area (Å²) >= 11 is 0. The first-order valence-electron chi connectivity index (χ1n) is 6.62. The van der Waals surface area contributed by atoms with Crippen LogP contribution in [0.4, 0.5) is 0 Å². The van der Waals surface area contributed by atoms with Gasteiger partial charge in [-0.25, -0.2) is 0 Å². The average molecular weight is 216 g/mol. The quantitative estimate of drug-likeness (QED) is 0.692. The molecule has 0 amide bonds. The molecule has 1 spiro atoms. The van der Waals surface area contributed by atoms with Crippen LogP contribution in [0.2, 0.25) is 0 Å². The molecule has 1 aliphatic carbocycles. The Morgan fingerprint density at radius 2 is 2.00 bits per heavy atom. The Morgan fingerprint density at radius 1 is 1.19 bits per heavy atom. The van der Waals surface area contributed by atoms with Gasteiger partial charge in [-0.2, -0.15) is 0 Å². The Morgan fingerprint density at radius 3 is 2.75 bits per heavy atom. The minimum Gasteiger partial charge on any atom is -0.487 e. The second-order valence-corrected chi connectivity index (χ2v) is 5.29. The molecule has 1 aromatic rings. The molecule has 1 saturated carbocycles. The second-order valence-electron chi connectivity index (χ2n) is 5.29. The van der Waals surface area contributed by atoms with Crippen molar-refractivity contribution in [2.45, 2.75) is 57.5 Å². The monoisotopic (exact) mass is 216 g/mol. The van der Waals surface area contributed by atoms with E-state index in [4.69, 9.17) is 4.74 Å². The number of fused-ring (bicyclic) bond motifs is 1. The summed E-state index contributed by atoms with van der Waals surface area (Å²) in [5.41, 5.74) is 3.07. The van der Waals surface area contributed by atoms with Crippen LogP contribution >= 0.6 is 0 Å². The zero-order valence-electron chi connectivity index (χ0n) is 10.1. The van der Waals surface area contributed by atoms with Crippen molar-refractivity contribution < 1.29 is 4.74 Å². The van der Waals surface area contributed by atoms with Gasteiger partial charge in [0, 0.05) is 0 Å². The Bertz CT molecular complexity index is 388. The minimum atomic E-state index is 0.209. The molecule has 1 aliphatic heterocycles. The van der Waals surface area contributed by atoms with Crippen molar-refractivity contribution in [3.05, 3.63) is 29.3 Å². The molecule has 1 heteroatoms. The lowest BCUT2D eigenvalue weighted by Crippen LogP contribution is -2.36. The summed E-state index contributed by atoms with van der Waals surface area (Å²) in [4.78, 5) is 0. The molecule has 0 radical (unpaired) electrons. The summed E-state index contributed by atoms with van der Waals surface area (Å²) in [5.74, 6) is 1.16. The molecule has 16 heavy (non-hydrogen) atoms. The first-order valence-corrected chi connectivity index (χ1v) is 6.62. The Hall–Kier alpha value is -0.980. The normalized spacial score (nSPS) is 21.8. The predicted molar refractivity (Wildman–Crippen MR) is 66.0 cm³/mol. The van der Waals surface area contributed by atoms with E-state index in [-0.39, 0.29) is 5.60 Å².